The Labute approximate surface area is 131 Å². The summed E-state index contributed by atoms with van der Waals surface area (Å²) in [5.41, 5.74) is 0.752. The first-order chi connectivity index (χ1) is 10.5. The molecule has 0 unspecified atom stereocenters. The number of hydrogen-bond acceptors (Lipinski definition) is 4. The molecule has 2 rings (SSSR count). The number of nitrogens with one attached hydrogen (secondary N) is 2. The highest BCUT2D eigenvalue weighted by Gasteiger charge is 2.16. The van der Waals surface area contributed by atoms with Crippen LogP contribution in [0.4, 0.5) is 0 Å². The molecule has 2 N–H and O–H groups in total. The van der Waals surface area contributed by atoms with Crippen molar-refractivity contribution in [3.05, 3.63) is 29.8 Å². The molecule has 122 valence electrons. The normalized spacial score (nSPS) is 18.3. The van der Waals surface area contributed by atoms with Gasteiger partial charge in [-0.15, -0.1) is 0 Å². The van der Waals surface area contributed by atoms with Gasteiger partial charge in [0.15, 0.2) is 0 Å². The smallest absolute Gasteiger partial charge is 0.240 e. The summed E-state index contributed by atoms with van der Waals surface area (Å²) in [7, 11) is -2.09. The van der Waals surface area contributed by atoms with E-state index in [1.807, 2.05) is 0 Å². The van der Waals surface area contributed by atoms with E-state index < -0.39 is 10.0 Å². The topological polar surface area (TPSA) is 84.5 Å². The average molecular weight is 326 g/mol. The molecule has 1 atom stereocenters. The van der Waals surface area contributed by atoms with Gasteiger partial charge in [-0.25, -0.2) is 13.1 Å². The van der Waals surface area contributed by atoms with Crippen LogP contribution in [0.25, 0.3) is 0 Å². The predicted molar refractivity (Wildman–Crippen MR) is 82.7 cm³/mol. The number of amides is 1. The summed E-state index contributed by atoms with van der Waals surface area (Å²) in [6.45, 7) is 1.11. The van der Waals surface area contributed by atoms with Crippen LogP contribution < -0.4 is 10.0 Å². The molecule has 1 aromatic rings. The minimum Gasteiger partial charge on any atom is -0.378 e. The molecule has 0 bridgehead atoms. The van der Waals surface area contributed by atoms with Crippen molar-refractivity contribution in [1.29, 1.82) is 0 Å². The molecule has 1 amide bonds. The molecular formula is C15H22N2O4S. The number of ether oxygens (including phenoxy) is 1. The Hall–Kier alpha value is -1.44. The Kier molecular flexibility index (Phi) is 5.93. The van der Waals surface area contributed by atoms with Crippen molar-refractivity contribution in [1.82, 2.24) is 10.0 Å². The molecule has 6 nitrogen and oxygen atoms in total. The number of carbonyl (C=O) groups excluding carboxylic acids is 1. The van der Waals surface area contributed by atoms with Crippen LogP contribution in [0.15, 0.2) is 29.2 Å². The number of hydrogen-bond donors (Lipinski definition) is 2. The quantitative estimate of drug-likeness (QED) is 0.788. The zero-order chi connectivity index (χ0) is 16.0. The van der Waals surface area contributed by atoms with Crippen molar-refractivity contribution in [2.24, 2.45) is 0 Å². The number of rotatable bonds is 7. The summed E-state index contributed by atoms with van der Waals surface area (Å²) in [5.74, 6) is -0.0441. The SMILES string of the molecule is CNS(=O)(=O)c1cccc(CNC(=O)CC[C@H]2CCCO2)c1. The number of sulfonamides is 1. The van der Waals surface area contributed by atoms with Gasteiger partial charge in [-0.3, -0.25) is 4.79 Å². The summed E-state index contributed by atoms with van der Waals surface area (Å²) in [6, 6.07) is 6.54. The highest BCUT2D eigenvalue weighted by atomic mass is 32.2. The lowest BCUT2D eigenvalue weighted by Gasteiger charge is -2.10. The standard InChI is InChI=1S/C15H22N2O4S/c1-16-22(19,20)14-6-2-4-12(10-14)11-17-15(18)8-7-13-5-3-9-21-13/h2,4,6,10,13,16H,3,5,7-9,11H2,1H3,(H,17,18)/t13-/m1/s1. The van der Waals surface area contributed by atoms with Crippen molar-refractivity contribution >= 4 is 15.9 Å². The highest BCUT2D eigenvalue weighted by molar-refractivity contribution is 7.89. The van der Waals surface area contributed by atoms with Gasteiger partial charge in [-0.2, -0.15) is 0 Å². The Morgan fingerprint density at radius 3 is 2.91 bits per heavy atom. The first-order valence-electron chi connectivity index (χ1n) is 7.42. The average Bonchev–Trinajstić information content (AvgIpc) is 3.04. The molecule has 0 spiro atoms. The van der Waals surface area contributed by atoms with Crippen molar-refractivity contribution < 1.29 is 17.9 Å². The molecule has 1 aromatic carbocycles. The van der Waals surface area contributed by atoms with Crippen molar-refractivity contribution in [3.63, 3.8) is 0 Å². The van der Waals surface area contributed by atoms with Crippen LogP contribution in [0, 0.1) is 0 Å². The van der Waals surface area contributed by atoms with Crippen LogP contribution >= 0.6 is 0 Å². The minimum absolute atomic E-state index is 0.0441. The highest BCUT2D eigenvalue weighted by Crippen LogP contribution is 2.16. The summed E-state index contributed by atoms with van der Waals surface area (Å²) in [4.78, 5) is 12.0. The van der Waals surface area contributed by atoms with Gasteiger partial charge in [0.25, 0.3) is 0 Å². The molecule has 0 aliphatic carbocycles. The van der Waals surface area contributed by atoms with E-state index in [1.165, 1.54) is 13.1 Å². The molecule has 1 aliphatic rings. The van der Waals surface area contributed by atoms with Crippen LogP contribution in [0.1, 0.15) is 31.2 Å². The third kappa shape index (κ3) is 4.79. The minimum atomic E-state index is -3.46. The van der Waals surface area contributed by atoms with Gasteiger partial charge in [-0.1, -0.05) is 12.1 Å². The van der Waals surface area contributed by atoms with Crippen LogP contribution in [-0.4, -0.2) is 34.1 Å². The first kappa shape index (κ1) is 16.9. The second kappa shape index (κ2) is 7.71. The molecule has 0 saturated carbocycles. The molecule has 7 heteroatoms. The second-order valence-electron chi connectivity index (χ2n) is 5.31. The van der Waals surface area contributed by atoms with E-state index in [0.717, 1.165) is 31.4 Å². The van der Waals surface area contributed by atoms with Crippen molar-refractivity contribution in [2.45, 2.75) is 43.2 Å². The van der Waals surface area contributed by atoms with Gasteiger partial charge >= 0.3 is 0 Å². The van der Waals surface area contributed by atoms with Crippen LogP contribution in [0.3, 0.4) is 0 Å². The van der Waals surface area contributed by atoms with Gasteiger partial charge < -0.3 is 10.1 Å². The van der Waals surface area contributed by atoms with E-state index in [-0.39, 0.29) is 16.9 Å². The van der Waals surface area contributed by atoms with E-state index >= 15 is 0 Å². The molecule has 22 heavy (non-hydrogen) atoms. The summed E-state index contributed by atoms with van der Waals surface area (Å²) in [5, 5.41) is 2.81. The van der Waals surface area contributed by atoms with Gasteiger partial charge in [0.2, 0.25) is 15.9 Å². The zero-order valence-corrected chi connectivity index (χ0v) is 13.5. The van der Waals surface area contributed by atoms with Gasteiger partial charge in [0.05, 0.1) is 11.0 Å². The molecule has 1 fully saturated rings. The van der Waals surface area contributed by atoms with E-state index in [4.69, 9.17) is 4.74 Å². The molecule has 1 heterocycles. The third-order valence-electron chi connectivity index (χ3n) is 3.68. The van der Waals surface area contributed by atoms with E-state index in [1.54, 1.807) is 18.2 Å². The largest absolute Gasteiger partial charge is 0.378 e. The molecule has 0 aromatic heterocycles. The maximum absolute atomic E-state index is 11.8. The zero-order valence-electron chi connectivity index (χ0n) is 12.7. The molecule has 1 saturated heterocycles. The van der Waals surface area contributed by atoms with Gasteiger partial charge in [0.1, 0.15) is 0 Å². The number of benzene rings is 1. The predicted octanol–water partition coefficient (Wildman–Crippen LogP) is 1.17. The molecule has 0 radical (unpaired) electrons. The first-order valence-corrected chi connectivity index (χ1v) is 8.90. The van der Waals surface area contributed by atoms with Crippen LogP contribution in [-0.2, 0) is 26.1 Å². The van der Waals surface area contributed by atoms with E-state index in [9.17, 15) is 13.2 Å². The summed E-state index contributed by atoms with van der Waals surface area (Å²) < 4.78 is 31.2. The lowest BCUT2D eigenvalue weighted by molar-refractivity contribution is -0.121. The second-order valence-corrected chi connectivity index (χ2v) is 7.19. The third-order valence-corrected chi connectivity index (χ3v) is 5.10. The van der Waals surface area contributed by atoms with Crippen LogP contribution in [0.5, 0.6) is 0 Å². The lowest BCUT2D eigenvalue weighted by Crippen LogP contribution is -2.24. The Morgan fingerprint density at radius 1 is 1.41 bits per heavy atom. The van der Waals surface area contributed by atoms with Crippen molar-refractivity contribution in [3.8, 4) is 0 Å². The van der Waals surface area contributed by atoms with E-state index in [2.05, 4.69) is 10.0 Å². The fourth-order valence-electron chi connectivity index (χ4n) is 2.39. The van der Waals surface area contributed by atoms with Crippen LogP contribution in [0.2, 0.25) is 0 Å². The molecule has 1 aliphatic heterocycles. The molecular weight excluding hydrogens is 304 g/mol. The van der Waals surface area contributed by atoms with Gasteiger partial charge in [-0.05, 0) is 44.0 Å². The fourth-order valence-corrected chi connectivity index (χ4v) is 3.19. The summed E-state index contributed by atoms with van der Waals surface area (Å²) in [6.07, 6.45) is 3.46. The lowest BCUT2D eigenvalue weighted by atomic mass is 10.1. The Bertz CT molecular complexity index is 610. The van der Waals surface area contributed by atoms with Gasteiger partial charge in [0, 0.05) is 19.6 Å². The number of carbonyl (C=O) groups is 1. The fraction of sp³-hybridized carbons (Fsp3) is 0.533. The Balaban J connectivity index is 1.83. The Morgan fingerprint density at radius 2 is 2.23 bits per heavy atom. The maximum Gasteiger partial charge on any atom is 0.240 e. The maximum atomic E-state index is 11.8. The van der Waals surface area contributed by atoms with Crippen molar-refractivity contribution in [2.75, 3.05) is 13.7 Å². The summed E-state index contributed by atoms with van der Waals surface area (Å²) >= 11 is 0. The monoisotopic (exact) mass is 326 g/mol. The van der Waals surface area contributed by atoms with E-state index in [0.29, 0.717) is 13.0 Å².